The minimum absolute atomic E-state index is 0.0496. The van der Waals surface area contributed by atoms with Gasteiger partial charge in [-0.2, -0.15) is 0 Å². The molecule has 1 aromatic carbocycles. The molecule has 0 radical (unpaired) electrons. The third kappa shape index (κ3) is 4.32. The summed E-state index contributed by atoms with van der Waals surface area (Å²) in [6.07, 6.45) is 1.43. The van der Waals surface area contributed by atoms with E-state index in [1.165, 1.54) is 7.11 Å². The second kappa shape index (κ2) is 8.24. The molecule has 1 saturated heterocycles. The van der Waals surface area contributed by atoms with Crippen molar-refractivity contribution < 1.29 is 19.1 Å². The minimum Gasteiger partial charge on any atom is -0.493 e. The fourth-order valence-electron chi connectivity index (χ4n) is 2.69. The third-order valence-electron chi connectivity index (χ3n) is 4.12. The molecule has 7 heteroatoms. The van der Waals surface area contributed by atoms with Crippen molar-refractivity contribution in [2.75, 3.05) is 27.3 Å². The smallest absolute Gasteiger partial charge is 0.253 e. The van der Waals surface area contributed by atoms with Crippen LogP contribution >= 0.6 is 11.6 Å². The van der Waals surface area contributed by atoms with Gasteiger partial charge in [-0.3, -0.25) is 9.59 Å². The minimum atomic E-state index is -0.545. The van der Waals surface area contributed by atoms with E-state index in [2.05, 4.69) is 5.32 Å². The number of carbonyl (C=O) groups excluding carboxylic acids is 2. The number of nitrogens with zero attached hydrogens (tertiary/aromatic N) is 1. The lowest BCUT2D eigenvalue weighted by Crippen LogP contribution is -2.47. The first-order valence-corrected chi connectivity index (χ1v) is 8.35. The molecule has 0 bridgehead atoms. The molecule has 1 aromatic rings. The van der Waals surface area contributed by atoms with Crippen LogP contribution in [-0.4, -0.2) is 55.4 Å². The van der Waals surface area contributed by atoms with Gasteiger partial charge in [-0.15, -0.1) is 11.6 Å². The number of hydrogen-bond acceptors (Lipinski definition) is 4. The van der Waals surface area contributed by atoms with E-state index < -0.39 is 5.38 Å². The first-order valence-electron chi connectivity index (χ1n) is 7.92. The summed E-state index contributed by atoms with van der Waals surface area (Å²) in [5, 5.41) is 2.36. The molecule has 0 spiro atoms. The quantitative estimate of drug-likeness (QED) is 0.822. The van der Waals surface area contributed by atoms with Crippen LogP contribution in [0.1, 0.15) is 30.1 Å². The summed E-state index contributed by atoms with van der Waals surface area (Å²) in [4.78, 5) is 26.0. The number of halogens is 1. The molecule has 1 atom stereocenters. The van der Waals surface area contributed by atoms with Crippen LogP contribution in [0.4, 0.5) is 0 Å². The van der Waals surface area contributed by atoms with Crippen molar-refractivity contribution in [3.63, 3.8) is 0 Å². The van der Waals surface area contributed by atoms with Crippen LogP contribution < -0.4 is 14.8 Å². The lowest BCUT2D eigenvalue weighted by molar-refractivity contribution is -0.121. The summed E-state index contributed by atoms with van der Waals surface area (Å²) in [6.45, 7) is 2.83. The van der Waals surface area contributed by atoms with E-state index in [0.717, 1.165) is 0 Å². The van der Waals surface area contributed by atoms with Crippen molar-refractivity contribution in [2.45, 2.75) is 31.2 Å². The molecule has 0 saturated carbocycles. The van der Waals surface area contributed by atoms with Gasteiger partial charge in [0.15, 0.2) is 11.5 Å². The molecule has 0 aliphatic carbocycles. The Morgan fingerprint density at radius 3 is 2.38 bits per heavy atom. The Kier molecular flexibility index (Phi) is 6.31. The number of amides is 2. The van der Waals surface area contributed by atoms with E-state index >= 15 is 0 Å². The number of carbonyl (C=O) groups is 2. The normalized spacial score (nSPS) is 16.4. The zero-order valence-electron chi connectivity index (χ0n) is 14.2. The van der Waals surface area contributed by atoms with Gasteiger partial charge in [0.25, 0.3) is 5.91 Å². The standard InChI is InChI=1S/C17H23ClN2O4/c1-11(18)16(21)19-13-6-8-20(9-7-13)17(22)12-4-5-14(23-2)15(10-12)24-3/h4-5,10-11,13H,6-9H2,1-3H3,(H,19,21). The molecule has 1 unspecified atom stereocenters. The number of alkyl halides is 1. The lowest BCUT2D eigenvalue weighted by atomic mass is 10.0. The molecule has 1 N–H and O–H groups in total. The first-order chi connectivity index (χ1) is 11.5. The number of likely N-dealkylation sites (tertiary alicyclic amines) is 1. The topological polar surface area (TPSA) is 67.9 Å². The fourth-order valence-corrected chi connectivity index (χ4v) is 2.76. The summed E-state index contributed by atoms with van der Waals surface area (Å²) in [7, 11) is 3.10. The van der Waals surface area contributed by atoms with Gasteiger partial charge in [0.1, 0.15) is 5.38 Å². The number of piperidine rings is 1. The Morgan fingerprint density at radius 2 is 1.83 bits per heavy atom. The maximum absolute atomic E-state index is 12.6. The average molecular weight is 355 g/mol. The van der Waals surface area contributed by atoms with Crippen LogP contribution in [0.5, 0.6) is 11.5 Å². The van der Waals surface area contributed by atoms with Crippen molar-refractivity contribution in [3.8, 4) is 11.5 Å². The van der Waals surface area contributed by atoms with E-state index in [1.807, 2.05) is 0 Å². The number of rotatable bonds is 5. The number of ether oxygens (including phenoxy) is 2. The van der Waals surface area contributed by atoms with Gasteiger partial charge in [0.2, 0.25) is 5.91 Å². The Labute approximate surface area is 147 Å². The molecule has 24 heavy (non-hydrogen) atoms. The van der Waals surface area contributed by atoms with Crippen LogP contribution in [0.25, 0.3) is 0 Å². The third-order valence-corrected chi connectivity index (χ3v) is 4.32. The van der Waals surface area contributed by atoms with Crippen LogP contribution in [0.2, 0.25) is 0 Å². The number of hydrogen-bond donors (Lipinski definition) is 1. The van der Waals surface area contributed by atoms with E-state index in [-0.39, 0.29) is 17.9 Å². The highest BCUT2D eigenvalue weighted by Crippen LogP contribution is 2.28. The zero-order valence-corrected chi connectivity index (χ0v) is 14.9. The van der Waals surface area contributed by atoms with Crippen molar-refractivity contribution in [3.05, 3.63) is 23.8 Å². The van der Waals surface area contributed by atoms with Crippen LogP contribution in [-0.2, 0) is 4.79 Å². The molecule has 1 fully saturated rings. The largest absolute Gasteiger partial charge is 0.493 e. The van der Waals surface area contributed by atoms with Crippen molar-refractivity contribution >= 4 is 23.4 Å². The Morgan fingerprint density at radius 1 is 1.21 bits per heavy atom. The fraction of sp³-hybridized carbons (Fsp3) is 0.529. The maximum Gasteiger partial charge on any atom is 0.253 e. The molecule has 0 aromatic heterocycles. The Hall–Kier alpha value is -1.95. The number of benzene rings is 1. The molecule has 132 valence electrons. The molecule has 1 aliphatic heterocycles. The van der Waals surface area contributed by atoms with Gasteiger partial charge in [0.05, 0.1) is 14.2 Å². The summed E-state index contributed by atoms with van der Waals surface area (Å²) in [6, 6.07) is 5.20. The van der Waals surface area contributed by atoms with Gasteiger partial charge in [-0.1, -0.05) is 0 Å². The number of nitrogens with one attached hydrogen (secondary N) is 1. The highest BCUT2D eigenvalue weighted by atomic mass is 35.5. The van der Waals surface area contributed by atoms with Crippen LogP contribution in [0, 0.1) is 0 Å². The molecular formula is C17H23ClN2O4. The van der Waals surface area contributed by atoms with Gasteiger partial charge < -0.3 is 19.7 Å². The zero-order chi connectivity index (χ0) is 17.7. The van der Waals surface area contributed by atoms with Crippen LogP contribution in [0.3, 0.4) is 0 Å². The van der Waals surface area contributed by atoms with Gasteiger partial charge >= 0.3 is 0 Å². The molecule has 2 amide bonds. The van der Waals surface area contributed by atoms with Crippen molar-refractivity contribution in [1.82, 2.24) is 10.2 Å². The van der Waals surface area contributed by atoms with Crippen molar-refractivity contribution in [2.24, 2.45) is 0 Å². The SMILES string of the molecule is COc1ccc(C(=O)N2CCC(NC(=O)C(C)Cl)CC2)cc1OC. The van der Waals surface area contributed by atoms with Crippen LogP contribution in [0.15, 0.2) is 18.2 Å². The predicted octanol–water partition coefficient (Wildman–Crippen LogP) is 2.05. The molecule has 1 heterocycles. The van der Waals surface area contributed by atoms with Gasteiger partial charge in [-0.25, -0.2) is 0 Å². The molecular weight excluding hydrogens is 332 g/mol. The highest BCUT2D eigenvalue weighted by Gasteiger charge is 2.26. The summed E-state index contributed by atoms with van der Waals surface area (Å²) >= 11 is 5.76. The Balaban J connectivity index is 1.96. The monoisotopic (exact) mass is 354 g/mol. The lowest BCUT2D eigenvalue weighted by Gasteiger charge is -2.32. The molecule has 6 nitrogen and oxygen atoms in total. The average Bonchev–Trinajstić information content (AvgIpc) is 2.61. The van der Waals surface area contributed by atoms with Gasteiger partial charge in [-0.05, 0) is 38.0 Å². The van der Waals surface area contributed by atoms with E-state index in [4.69, 9.17) is 21.1 Å². The Bertz CT molecular complexity index is 598. The highest BCUT2D eigenvalue weighted by molar-refractivity contribution is 6.30. The molecule has 2 rings (SSSR count). The first kappa shape index (κ1) is 18.4. The van der Waals surface area contributed by atoms with E-state index in [1.54, 1.807) is 37.1 Å². The summed E-state index contributed by atoms with van der Waals surface area (Å²) < 4.78 is 10.4. The van der Waals surface area contributed by atoms with Gasteiger partial charge in [0, 0.05) is 24.7 Å². The number of methoxy groups -OCH3 is 2. The molecule has 1 aliphatic rings. The van der Waals surface area contributed by atoms with E-state index in [0.29, 0.717) is 43.0 Å². The van der Waals surface area contributed by atoms with Crippen molar-refractivity contribution in [1.29, 1.82) is 0 Å². The second-order valence-electron chi connectivity index (χ2n) is 5.76. The summed E-state index contributed by atoms with van der Waals surface area (Å²) in [5.41, 5.74) is 0.560. The maximum atomic E-state index is 12.6. The van der Waals surface area contributed by atoms with E-state index in [9.17, 15) is 9.59 Å². The summed E-state index contributed by atoms with van der Waals surface area (Å²) in [5.74, 6) is 0.903. The predicted molar refractivity (Wildman–Crippen MR) is 91.9 cm³/mol. The second-order valence-corrected chi connectivity index (χ2v) is 6.42.